The van der Waals surface area contributed by atoms with Crippen LogP contribution in [-0.2, 0) is 15.4 Å². The van der Waals surface area contributed by atoms with E-state index in [0.29, 0.717) is 11.0 Å². The first-order chi connectivity index (χ1) is 9.03. The molecule has 100 valence electrons. The van der Waals surface area contributed by atoms with Crippen LogP contribution in [-0.4, -0.2) is 13.4 Å². The lowest BCUT2D eigenvalue weighted by atomic mass is 10.2. The van der Waals surface area contributed by atoms with Gasteiger partial charge in [0.2, 0.25) is 0 Å². The van der Waals surface area contributed by atoms with E-state index in [1.165, 1.54) is 0 Å². The van der Waals surface area contributed by atoms with Crippen LogP contribution in [0.15, 0.2) is 47.6 Å². The Labute approximate surface area is 118 Å². The zero-order valence-electron chi connectivity index (χ0n) is 9.68. The summed E-state index contributed by atoms with van der Waals surface area (Å²) in [6.07, 6.45) is 2.05. The van der Waals surface area contributed by atoms with Gasteiger partial charge in [-0.1, -0.05) is 34.1 Å². The Hall–Kier alpha value is -1.47. The van der Waals surface area contributed by atoms with Crippen molar-refractivity contribution in [2.24, 2.45) is 0 Å². The maximum atomic E-state index is 13.0. The van der Waals surface area contributed by atoms with Gasteiger partial charge in [-0.3, -0.25) is 9.71 Å². The highest BCUT2D eigenvalue weighted by molar-refractivity contribution is 9.08. The van der Waals surface area contributed by atoms with Crippen molar-refractivity contribution in [2.45, 2.75) is 10.2 Å². The lowest BCUT2D eigenvalue weighted by Gasteiger charge is -2.10. The summed E-state index contributed by atoms with van der Waals surface area (Å²) in [5, 5.41) is 0.507. The molecule has 1 N–H and O–H groups in total. The highest BCUT2D eigenvalue weighted by Gasteiger charge is 2.16. The van der Waals surface area contributed by atoms with Crippen LogP contribution >= 0.6 is 15.9 Å². The average molecular weight is 345 g/mol. The number of hydrogen-bond acceptors (Lipinski definition) is 3. The van der Waals surface area contributed by atoms with E-state index in [-0.39, 0.29) is 4.90 Å². The van der Waals surface area contributed by atoms with Crippen LogP contribution < -0.4 is 4.72 Å². The average Bonchev–Trinajstić information content (AvgIpc) is 2.39. The number of nitrogens with one attached hydrogen (secondary N) is 1. The van der Waals surface area contributed by atoms with Crippen LogP contribution in [0.25, 0.3) is 0 Å². The summed E-state index contributed by atoms with van der Waals surface area (Å²) in [5.74, 6) is -0.698. The van der Waals surface area contributed by atoms with Crippen molar-refractivity contribution in [3.8, 4) is 0 Å². The van der Waals surface area contributed by atoms with E-state index in [1.54, 1.807) is 24.3 Å². The first kappa shape index (κ1) is 14.0. The predicted octanol–water partition coefficient (Wildman–Crippen LogP) is 2.92. The third-order valence-electron chi connectivity index (χ3n) is 2.40. The van der Waals surface area contributed by atoms with Gasteiger partial charge in [-0.15, -0.1) is 0 Å². The van der Waals surface area contributed by atoms with Crippen LogP contribution in [0, 0.1) is 5.82 Å². The number of para-hydroxylation sites is 1. The minimum absolute atomic E-state index is 0.211. The first-order valence-corrected chi connectivity index (χ1v) is 7.90. The molecule has 1 aromatic carbocycles. The fourth-order valence-corrected chi connectivity index (χ4v) is 3.04. The van der Waals surface area contributed by atoms with E-state index < -0.39 is 15.8 Å². The lowest BCUT2D eigenvalue weighted by molar-refractivity contribution is 0.592. The molecule has 0 fully saturated rings. The quantitative estimate of drug-likeness (QED) is 0.867. The Balaban J connectivity index is 2.37. The van der Waals surface area contributed by atoms with Crippen LogP contribution in [0.1, 0.15) is 5.56 Å². The number of aromatic nitrogens is 1. The van der Waals surface area contributed by atoms with Crippen molar-refractivity contribution in [3.05, 3.63) is 54.1 Å². The third kappa shape index (κ3) is 3.30. The number of pyridine rings is 1. The van der Waals surface area contributed by atoms with E-state index in [1.807, 2.05) is 0 Å². The monoisotopic (exact) mass is 344 g/mol. The number of halogens is 2. The lowest BCUT2D eigenvalue weighted by Crippen LogP contribution is -2.14. The SMILES string of the molecule is O=S(=O)(Nc1ccccc1CBr)c1cncc(F)c1. The topological polar surface area (TPSA) is 59.1 Å². The molecule has 1 heterocycles. The number of alkyl halides is 1. The Bertz CT molecular complexity index is 692. The molecule has 0 unspecified atom stereocenters. The maximum absolute atomic E-state index is 13.0. The van der Waals surface area contributed by atoms with E-state index in [2.05, 4.69) is 25.6 Å². The molecular formula is C12H10BrFN2O2S. The molecular weight excluding hydrogens is 335 g/mol. The predicted molar refractivity (Wildman–Crippen MR) is 74.1 cm³/mol. The zero-order valence-corrected chi connectivity index (χ0v) is 12.1. The summed E-state index contributed by atoms with van der Waals surface area (Å²) in [7, 11) is -3.84. The summed E-state index contributed by atoms with van der Waals surface area (Å²) >= 11 is 3.28. The van der Waals surface area contributed by atoms with E-state index in [0.717, 1.165) is 24.0 Å². The van der Waals surface area contributed by atoms with Gasteiger partial charge in [0, 0.05) is 11.5 Å². The molecule has 4 nitrogen and oxygen atoms in total. The maximum Gasteiger partial charge on any atom is 0.263 e. The molecule has 0 amide bonds. The minimum Gasteiger partial charge on any atom is -0.279 e. The first-order valence-electron chi connectivity index (χ1n) is 5.30. The van der Waals surface area contributed by atoms with Crippen molar-refractivity contribution in [2.75, 3.05) is 4.72 Å². The highest BCUT2D eigenvalue weighted by Crippen LogP contribution is 2.21. The van der Waals surface area contributed by atoms with Gasteiger partial charge < -0.3 is 0 Å². The molecule has 7 heteroatoms. The standard InChI is InChI=1S/C12H10BrFN2O2S/c13-6-9-3-1-2-4-12(9)16-19(17,18)11-5-10(14)7-15-8-11/h1-5,7-8,16H,6H2. The molecule has 1 aromatic heterocycles. The highest BCUT2D eigenvalue weighted by atomic mass is 79.9. The summed E-state index contributed by atoms with van der Waals surface area (Å²) in [6.45, 7) is 0. The number of sulfonamides is 1. The number of rotatable bonds is 4. The van der Waals surface area contributed by atoms with Crippen molar-refractivity contribution in [1.82, 2.24) is 4.98 Å². The van der Waals surface area contributed by atoms with Gasteiger partial charge in [0.25, 0.3) is 10.0 Å². The number of nitrogens with zero attached hydrogens (tertiary/aromatic N) is 1. The second-order valence-corrected chi connectivity index (χ2v) is 5.98. The van der Waals surface area contributed by atoms with E-state index in [9.17, 15) is 12.8 Å². The fraction of sp³-hybridized carbons (Fsp3) is 0.0833. The second kappa shape index (κ2) is 5.66. The van der Waals surface area contributed by atoms with Crippen molar-refractivity contribution in [1.29, 1.82) is 0 Å². The van der Waals surface area contributed by atoms with Crippen molar-refractivity contribution in [3.63, 3.8) is 0 Å². The molecule has 0 bridgehead atoms. The summed E-state index contributed by atoms with van der Waals surface area (Å²) < 4.78 is 39.6. The van der Waals surface area contributed by atoms with Crippen LogP contribution in [0.4, 0.5) is 10.1 Å². The van der Waals surface area contributed by atoms with Gasteiger partial charge in [0.15, 0.2) is 0 Å². The van der Waals surface area contributed by atoms with Gasteiger partial charge in [-0.05, 0) is 17.7 Å². The Morgan fingerprint density at radius 2 is 2.00 bits per heavy atom. The van der Waals surface area contributed by atoms with Gasteiger partial charge >= 0.3 is 0 Å². The number of benzene rings is 1. The summed E-state index contributed by atoms with van der Waals surface area (Å²) in [5.41, 5.74) is 1.24. The Morgan fingerprint density at radius 1 is 1.26 bits per heavy atom. The molecule has 0 aliphatic rings. The second-order valence-electron chi connectivity index (χ2n) is 3.74. The van der Waals surface area contributed by atoms with E-state index in [4.69, 9.17) is 0 Å². The molecule has 0 aliphatic carbocycles. The fourth-order valence-electron chi connectivity index (χ4n) is 1.48. The van der Waals surface area contributed by atoms with Crippen LogP contribution in [0.3, 0.4) is 0 Å². The van der Waals surface area contributed by atoms with E-state index >= 15 is 0 Å². The van der Waals surface area contributed by atoms with Crippen LogP contribution in [0.5, 0.6) is 0 Å². The Morgan fingerprint density at radius 3 is 2.68 bits per heavy atom. The van der Waals surface area contributed by atoms with Gasteiger partial charge in [-0.25, -0.2) is 12.8 Å². The third-order valence-corrected chi connectivity index (χ3v) is 4.33. The molecule has 0 radical (unpaired) electrons. The number of hydrogen-bond donors (Lipinski definition) is 1. The molecule has 0 saturated heterocycles. The smallest absolute Gasteiger partial charge is 0.263 e. The van der Waals surface area contributed by atoms with Gasteiger partial charge in [0.05, 0.1) is 11.9 Å². The molecule has 2 rings (SSSR count). The molecule has 0 atom stereocenters. The van der Waals surface area contributed by atoms with Crippen molar-refractivity contribution < 1.29 is 12.8 Å². The summed E-state index contributed by atoms with van der Waals surface area (Å²) in [6, 6.07) is 7.87. The zero-order chi connectivity index (χ0) is 13.9. The molecule has 2 aromatic rings. The summed E-state index contributed by atoms with van der Waals surface area (Å²) in [4.78, 5) is 3.32. The van der Waals surface area contributed by atoms with Crippen LogP contribution in [0.2, 0.25) is 0 Å². The molecule has 0 aliphatic heterocycles. The minimum atomic E-state index is -3.84. The molecule has 0 saturated carbocycles. The van der Waals surface area contributed by atoms with Gasteiger partial charge in [-0.2, -0.15) is 0 Å². The molecule has 0 spiro atoms. The van der Waals surface area contributed by atoms with Gasteiger partial charge in [0.1, 0.15) is 10.7 Å². The Kier molecular flexibility index (Phi) is 4.16. The molecule has 19 heavy (non-hydrogen) atoms. The largest absolute Gasteiger partial charge is 0.279 e. The number of anilines is 1. The normalized spacial score (nSPS) is 11.3. The van der Waals surface area contributed by atoms with Crippen molar-refractivity contribution >= 4 is 31.6 Å².